The fourth-order valence-electron chi connectivity index (χ4n) is 4.94. The van der Waals surface area contributed by atoms with E-state index in [0.29, 0.717) is 53.8 Å². The molecule has 0 bridgehead atoms. The number of rotatable bonds is 8. The van der Waals surface area contributed by atoms with E-state index in [1.165, 1.54) is 18.2 Å². The number of benzene rings is 2. The quantitative estimate of drug-likeness (QED) is 0.319. The minimum absolute atomic E-state index is 0.153. The van der Waals surface area contributed by atoms with Crippen LogP contribution in [0.1, 0.15) is 46.8 Å². The van der Waals surface area contributed by atoms with E-state index >= 15 is 0 Å². The molecule has 1 aromatic heterocycles. The predicted molar refractivity (Wildman–Crippen MR) is 154 cm³/mol. The van der Waals surface area contributed by atoms with Crippen molar-refractivity contribution in [3.63, 3.8) is 0 Å². The number of carbonyl (C=O) groups excluding carboxylic acids is 2. The van der Waals surface area contributed by atoms with Gasteiger partial charge in [0, 0.05) is 31.2 Å². The average molecular weight is 604 g/mol. The molecule has 2 aromatic carbocycles. The molecule has 0 spiro atoms. The van der Waals surface area contributed by atoms with Crippen molar-refractivity contribution in [1.82, 2.24) is 15.0 Å². The Hall–Kier alpha value is -4.10. The third-order valence-corrected chi connectivity index (χ3v) is 7.42. The van der Waals surface area contributed by atoms with E-state index in [4.69, 9.17) is 9.26 Å². The zero-order valence-electron chi connectivity index (χ0n) is 24.7. The molecule has 0 radical (unpaired) electrons. The highest BCUT2D eigenvalue weighted by molar-refractivity contribution is 6.03. The van der Waals surface area contributed by atoms with Crippen LogP contribution in [0.5, 0.6) is 5.75 Å². The van der Waals surface area contributed by atoms with Crippen molar-refractivity contribution >= 4 is 23.3 Å². The first kappa shape index (κ1) is 31.8. The highest BCUT2D eigenvalue weighted by Gasteiger charge is 2.34. The summed E-state index contributed by atoms with van der Waals surface area (Å²) in [7, 11) is 1.84. The van der Waals surface area contributed by atoms with Crippen molar-refractivity contribution in [2.75, 3.05) is 37.4 Å². The molecule has 0 aliphatic carbocycles. The number of nitrogens with zero attached hydrogens (tertiary/aromatic N) is 3. The van der Waals surface area contributed by atoms with Gasteiger partial charge in [0.25, 0.3) is 5.91 Å². The molecular formula is C30H36F3N5O5. The lowest BCUT2D eigenvalue weighted by molar-refractivity contribution is -0.137. The number of aromatic nitrogens is 1. The number of halogens is 3. The van der Waals surface area contributed by atoms with Crippen molar-refractivity contribution in [1.29, 1.82) is 0 Å². The van der Waals surface area contributed by atoms with E-state index in [0.717, 1.165) is 12.1 Å². The lowest BCUT2D eigenvalue weighted by Gasteiger charge is -2.38. The Balaban J connectivity index is 1.54. The van der Waals surface area contributed by atoms with Crippen molar-refractivity contribution in [2.45, 2.75) is 52.6 Å². The van der Waals surface area contributed by atoms with Gasteiger partial charge in [-0.05, 0) is 63.7 Å². The van der Waals surface area contributed by atoms with Gasteiger partial charge in [0.1, 0.15) is 23.2 Å². The van der Waals surface area contributed by atoms with Crippen LogP contribution in [-0.4, -0.2) is 70.9 Å². The maximum absolute atomic E-state index is 13.7. The van der Waals surface area contributed by atoms with Crippen LogP contribution in [0.2, 0.25) is 0 Å². The second-order valence-corrected chi connectivity index (χ2v) is 11.0. The molecule has 3 amide bonds. The molecule has 13 heteroatoms. The van der Waals surface area contributed by atoms with Gasteiger partial charge in [-0.25, -0.2) is 4.79 Å². The monoisotopic (exact) mass is 603 g/mol. The van der Waals surface area contributed by atoms with Crippen molar-refractivity contribution in [2.24, 2.45) is 5.92 Å². The average Bonchev–Trinajstić information content (AvgIpc) is 3.26. The number of ether oxygens (including phenoxy) is 1. The van der Waals surface area contributed by atoms with Gasteiger partial charge in [-0.1, -0.05) is 24.2 Å². The minimum Gasteiger partial charge on any atom is -0.488 e. The molecule has 1 aliphatic rings. The van der Waals surface area contributed by atoms with Gasteiger partial charge in [0.2, 0.25) is 0 Å². The van der Waals surface area contributed by atoms with Gasteiger partial charge in [0.15, 0.2) is 5.76 Å². The van der Waals surface area contributed by atoms with E-state index in [-0.39, 0.29) is 24.0 Å². The minimum atomic E-state index is -4.40. The van der Waals surface area contributed by atoms with Gasteiger partial charge in [0.05, 0.1) is 23.8 Å². The van der Waals surface area contributed by atoms with E-state index < -0.39 is 29.9 Å². The first-order valence-corrected chi connectivity index (χ1v) is 13.8. The molecule has 0 saturated heterocycles. The fourth-order valence-corrected chi connectivity index (χ4v) is 4.94. The summed E-state index contributed by atoms with van der Waals surface area (Å²) in [6, 6.07) is 8.77. The summed E-state index contributed by atoms with van der Waals surface area (Å²) in [6.07, 6.45) is -4.80. The highest BCUT2D eigenvalue weighted by atomic mass is 19.4. The maximum atomic E-state index is 13.7. The molecule has 0 fully saturated rings. The van der Waals surface area contributed by atoms with Crippen LogP contribution < -0.4 is 15.4 Å². The largest absolute Gasteiger partial charge is 0.488 e. The van der Waals surface area contributed by atoms with E-state index in [1.54, 1.807) is 37.8 Å². The number of hydrogen-bond acceptors (Lipinski definition) is 7. The second kappa shape index (κ2) is 13.0. The summed E-state index contributed by atoms with van der Waals surface area (Å²) in [4.78, 5) is 29.9. The lowest BCUT2D eigenvalue weighted by Crippen LogP contribution is -2.49. The number of amides is 3. The topological polar surface area (TPSA) is 120 Å². The van der Waals surface area contributed by atoms with E-state index in [2.05, 4.69) is 15.8 Å². The number of nitrogens with one attached hydrogen (secondary N) is 2. The van der Waals surface area contributed by atoms with Crippen molar-refractivity contribution < 1.29 is 37.1 Å². The normalized spacial score (nSPS) is 18.0. The van der Waals surface area contributed by atoms with Crippen LogP contribution in [0, 0.1) is 19.8 Å². The Kier molecular flexibility index (Phi) is 9.65. The molecule has 10 nitrogen and oxygen atoms in total. The molecule has 0 unspecified atom stereocenters. The van der Waals surface area contributed by atoms with Crippen molar-refractivity contribution in [3.8, 4) is 5.75 Å². The van der Waals surface area contributed by atoms with Crippen LogP contribution in [0.4, 0.5) is 29.3 Å². The molecule has 4 rings (SSSR count). The number of hydrogen-bond donors (Lipinski definition) is 3. The number of aliphatic hydroxyl groups excluding tert-OH is 1. The zero-order valence-corrected chi connectivity index (χ0v) is 24.7. The van der Waals surface area contributed by atoms with Crippen LogP contribution in [0.3, 0.4) is 0 Å². The van der Waals surface area contributed by atoms with Crippen LogP contribution in [-0.2, 0) is 12.7 Å². The predicted octanol–water partition coefficient (Wildman–Crippen LogP) is 5.31. The van der Waals surface area contributed by atoms with Crippen LogP contribution in [0.15, 0.2) is 47.0 Å². The maximum Gasteiger partial charge on any atom is 0.416 e. The van der Waals surface area contributed by atoms with Gasteiger partial charge >= 0.3 is 12.2 Å². The molecule has 3 N–H and O–H groups in total. The molecular weight excluding hydrogens is 567 g/mol. The number of aliphatic hydroxyl groups is 1. The fraction of sp³-hybridized carbons (Fsp3) is 0.433. The number of alkyl halides is 3. The summed E-state index contributed by atoms with van der Waals surface area (Å²) in [5, 5.41) is 19.1. The molecule has 232 valence electrons. The zero-order chi connectivity index (χ0) is 31.5. The molecule has 0 saturated carbocycles. The van der Waals surface area contributed by atoms with Crippen LogP contribution >= 0.6 is 0 Å². The van der Waals surface area contributed by atoms with Gasteiger partial charge in [-0.2, -0.15) is 13.2 Å². The Morgan fingerprint density at radius 1 is 1.19 bits per heavy atom. The standard InChI is InChI=1S/C30H36F3N5O5/c1-17-13-38(18(2)16-39)28(40)24-12-23(34-29(41)35-27-19(3)36-43-20(27)4)10-11-25(24)42-26(17)15-37(5)14-21-6-8-22(9-7-21)30(31,32)33/h6-12,17-18,26,39H,13-16H2,1-5H3,(H2,34,35,41)/t17-,18+,26+/m0/s1. The third kappa shape index (κ3) is 7.65. The molecule has 3 aromatic rings. The lowest BCUT2D eigenvalue weighted by atomic mass is 9.99. The van der Waals surface area contributed by atoms with Gasteiger partial charge in [-0.15, -0.1) is 0 Å². The Bertz CT molecular complexity index is 1420. The summed E-state index contributed by atoms with van der Waals surface area (Å²) in [5.74, 6) is 0.261. The second-order valence-electron chi connectivity index (χ2n) is 11.0. The summed E-state index contributed by atoms with van der Waals surface area (Å²) >= 11 is 0. The molecule has 1 aliphatic heterocycles. The van der Waals surface area contributed by atoms with Crippen LogP contribution in [0.25, 0.3) is 0 Å². The summed E-state index contributed by atoms with van der Waals surface area (Å²) in [6.45, 7) is 7.91. The Labute approximate surface area is 247 Å². The first-order chi connectivity index (χ1) is 20.3. The Morgan fingerprint density at radius 2 is 1.88 bits per heavy atom. The molecule has 43 heavy (non-hydrogen) atoms. The Morgan fingerprint density at radius 3 is 2.49 bits per heavy atom. The summed E-state index contributed by atoms with van der Waals surface area (Å²) < 4.78 is 50.3. The van der Waals surface area contributed by atoms with E-state index in [1.807, 2.05) is 18.9 Å². The first-order valence-electron chi connectivity index (χ1n) is 13.8. The number of likely N-dealkylation sites (N-methyl/N-ethyl adjacent to an activating group) is 1. The number of aryl methyl sites for hydroxylation is 2. The summed E-state index contributed by atoms with van der Waals surface area (Å²) in [5.41, 5.74) is 1.55. The smallest absolute Gasteiger partial charge is 0.416 e. The molecule has 2 heterocycles. The van der Waals surface area contributed by atoms with Gasteiger partial charge < -0.3 is 29.9 Å². The number of anilines is 2. The van der Waals surface area contributed by atoms with Crippen molar-refractivity contribution in [3.05, 3.63) is 70.6 Å². The third-order valence-electron chi connectivity index (χ3n) is 7.42. The van der Waals surface area contributed by atoms with Gasteiger partial charge in [-0.3, -0.25) is 9.69 Å². The van der Waals surface area contributed by atoms with E-state index in [9.17, 15) is 27.9 Å². The highest BCUT2D eigenvalue weighted by Crippen LogP contribution is 2.32. The SMILES string of the molecule is Cc1noc(C)c1NC(=O)Nc1ccc2c(c1)C(=O)N([C@H](C)CO)C[C@H](C)[C@@H](CN(C)Cc1ccc(C(F)(F)F)cc1)O2. The number of carbonyl (C=O) groups is 2. The molecule has 3 atom stereocenters. The number of urea groups is 1. The number of fused-ring (bicyclic) bond motifs is 1.